The molecule has 0 aliphatic carbocycles. The van der Waals surface area contributed by atoms with Gasteiger partial charge in [0, 0.05) is 17.1 Å². The Labute approximate surface area is 155 Å². The van der Waals surface area contributed by atoms with E-state index in [0.29, 0.717) is 22.0 Å². The summed E-state index contributed by atoms with van der Waals surface area (Å²) in [6.45, 7) is 0. The van der Waals surface area contributed by atoms with Crippen LogP contribution < -0.4 is 11.1 Å². The van der Waals surface area contributed by atoms with E-state index in [1.165, 1.54) is 23.5 Å². The fourth-order valence-corrected chi connectivity index (χ4v) is 3.04. The summed E-state index contributed by atoms with van der Waals surface area (Å²) in [5, 5.41) is 4.63. The molecule has 6 nitrogen and oxygen atoms in total. The van der Waals surface area contributed by atoms with Crippen LogP contribution in [0.3, 0.4) is 0 Å². The summed E-state index contributed by atoms with van der Waals surface area (Å²) in [5.41, 5.74) is 6.30. The first-order valence-electron chi connectivity index (χ1n) is 7.62. The van der Waals surface area contributed by atoms with Crippen molar-refractivity contribution in [3.05, 3.63) is 58.7 Å². The average molecular weight is 394 g/mol. The lowest BCUT2D eigenvalue weighted by atomic mass is 10.1. The summed E-state index contributed by atoms with van der Waals surface area (Å²) in [5.74, 6) is -0.996. The normalized spacial score (nSPS) is 11.4. The molecule has 4 N–H and O–H groups in total. The van der Waals surface area contributed by atoms with Gasteiger partial charge < -0.3 is 16.0 Å². The van der Waals surface area contributed by atoms with Crippen LogP contribution in [-0.4, -0.2) is 21.8 Å². The summed E-state index contributed by atoms with van der Waals surface area (Å²) in [4.78, 5) is 30.1. The minimum Gasteiger partial charge on any atom is -0.364 e. The molecule has 10 heteroatoms. The Bertz CT molecular complexity index is 977. The SMILES string of the molecule is NC(=O)c1cc(-c2csc(NC(=O)Cc3ccc(C(F)(F)F)cc3)n2)c[nH]1. The molecule has 3 rings (SSSR count). The third kappa shape index (κ3) is 4.53. The van der Waals surface area contributed by atoms with Crippen molar-refractivity contribution in [1.29, 1.82) is 0 Å². The molecule has 0 unspecified atom stereocenters. The quantitative estimate of drug-likeness (QED) is 0.618. The number of rotatable bonds is 5. The number of aromatic amines is 1. The van der Waals surface area contributed by atoms with Crippen molar-refractivity contribution >= 4 is 28.3 Å². The van der Waals surface area contributed by atoms with Crippen molar-refractivity contribution in [2.24, 2.45) is 5.73 Å². The number of alkyl halides is 3. The van der Waals surface area contributed by atoms with E-state index in [-0.39, 0.29) is 12.1 Å². The number of aromatic nitrogens is 2. The van der Waals surface area contributed by atoms with Crippen molar-refractivity contribution in [3.63, 3.8) is 0 Å². The second-order valence-electron chi connectivity index (χ2n) is 5.62. The number of nitrogens with two attached hydrogens (primary N) is 1. The Hall–Kier alpha value is -3.14. The number of nitrogens with one attached hydrogen (secondary N) is 2. The van der Waals surface area contributed by atoms with Gasteiger partial charge in [0.05, 0.1) is 17.7 Å². The molecule has 3 aromatic rings. The molecule has 0 radical (unpaired) electrons. The van der Waals surface area contributed by atoms with E-state index in [2.05, 4.69) is 15.3 Å². The van der Waals surface area contributed by atoms with Crippen LogP contribution in [0, 0.1) is 0 Å². The van der Waals surface area contributed by atoms with E-state index >= 15 is 0 Å². The summed E-state index contributed by atoms with van der Waals surface area (Å²) in [6.07, 6.45) is -2.92. The second-order valence-corrected chi connectivity index (χ2v) is 6.48. The van der Waals surface area contributed by atoms with E-state index in [4.69, 9.17) is 5.73 Å². The number of H-pyrrole nitrogens is 1. The Kier molecular flexibility index (Phi) is 5.00. The van der Waals surface area contributed by atoms with Gasteiger partial charge in [0.2, 0.25) is 5.91 Å². The molecule has 1 aromatic carbocycles. The first-order valence-corrected chi connectivity index (χ1v) is 8.50. The van der Waals surface area contributed by atoms with Gasteiger partial charge in [-0.3, -0.25) is 9.59 Å². The van der Waals surface area contributed by atoms with Crippen LogP contribution in [-0.2, 0) is 17.4 Å². The van der Waals surface area contributed by atoms with E-state index in [1.54, 1.807) is 17.6 Å². The average Bonchev–Trinajstić information content (AvgIpc) is 3.23. The molecular formula is C17H13F3N4O2S. The molecule has 0 spiro atoms. The van der Waals surface area contributed by atoms with E-state index in [0.717, 1.165) is 12.1 Å². The minimum absolute atomic E-state index is 0.0803. The van der Waals surface area contributed by atoms with Gasteiger partial charge in [-0.15, -0.1) is 11.3 Å². The number of benzene rings is 1. The molecule has 140 valence electrons. The van der Waals surface area contributed by atoms with Crippen LogP contribution in [0.5, 0.6) is 0 Å². The fraction of sp³-hybridized carbons (Fsp3) is 0.118. The molecule has 2 aromatic heterocycles. The third-order valence-corrected chi connectivity index (χ3v) is 4.40. The first-order chi connectivity index (χ1) is 12.7. The van der Waals surface area contributed by atoms with Crippen LogP contribution >= 0.6 is 11.3 Å². The van der Waals surface area contributed by atoms with Gasteiger partial charge in [-0.2, -0.15) is 13.2 Å². The maximum Gasteiger partial charge on any atom is 0.416 e. The van der Waals surface area contributed by atoms with Crippen LogP contribution in [0.2, 0.25) is 0 Å². The molecule has 0 bridgehead atoms. The third-order valence-electron chi connectivity index (χ3n) is 3.64. The van der Waals surface area contributed by atoms with Crippen LogP contribution in [0.4, 0.5) is 18.3 Å². The Morgan fingerprint density at radius 2 is 1.93 bits per heavy atom. The number of hydrogen-bond acceptors (Lipinski definition) is 4. The topological polar surface area (TPSA) is 101 Å². The number of hydrogen-bond donors (Lipinski definition) is 3. The van der Waals surface area contributed by atoms with Gasteiger partial charge in [-0.25, -0.2) is 4.98 Å². The van der Waals surface area contributed by atoms with Crippen molar-refractivity contribution in [3.8, 4) is 11.3 Å². The molecule has 0 saturated carbocycles. The summed E-state index contributed by atoms with van der Waals surface area (Å²) < 4.78 is 37.6. The zero-order chi connectivity index (χ0) is 19.6. The molecule has 2 amide bonds. The number of amides is 2. The molecule has 0 saturated heterocycles. The highest BCUT2D eigenvalue weighted by molar-refractivity contribution is 7.14. The molecule has 0 fully saturated rings. The Balaban J connectivity index is 1.63. The summed E-state index contributed by atoms with van der Waals surface area (Å²) >= 11 is 1.18. The van der Waals surface area contributed by atoms with Crippen LogP contribution in [0.1, 0.15) is 21.6 Å². The summed E-state index contributed by atoms with van der Waals surface area (Å²) in [6, 6.07) is 5.95. The highest BCUT2D eigenvalue weighted by Gasteiger charge is 2.30. The van der Waals surface area contributed by atoms with Crippen molar-refractivity contribution in [2.45, 2.75) is 12.6 Å². The molecule has 0 aliphatic rings. The highest BCUT2D eigenvalue weighted by atomic mass is 32.1. The molecule has 2 heterocycles. The Morgan fingerprint density at radius 1 is 1.22 bits per heavy atom. The van der Waals surface area contributed by atoms with Crippen molar-refractivity contribution in [2.75, 3.05) is 5.32 Å². The molecule has 27 heavy (non-hydrogen) atoms. The standard InChI is InChI=1S/C17H13F3N4O2S/c18-17(19,20)11-3-1-9(2-4-11)5-14(25)24-16-23-13(8-27-16)10-6-12(15(21)26)22-7-10/h1-4,6-8,22H,5H2,(H2,21,26)(H,23,24,25). The number of carbonyl (C=O) groups is 2. The van der Waals surface area contributed by atoms with Gasteiger partial charge in [-0.1, -0.05) is 12.1 Å². The maximum absolute atomic E-state index is 12.5. The lowest BCUT2D eigenvalue weighted by Gasteiger charge is -2.07. The van der Waals surface area contributed by atoms with E-state index in [9.17, 15) is 22.8 Å². The molecule has 0 atom stereocenters. The van der Waals surface area contributed by atoms with Crippen LogP contribution in [0.25, 0.3) is 11.3 Å². The number of halogens is 3. The molecular weight excluding hydrogens is 381 g/mol. The van der Waals surface area contributed by atoms with Gasteiger partial charge in [0.1, 0.15) is 5.69 Å². The van der Waals surface area contributed by atoms with E-state index in [1.807, 2.05) is 0 Å². The number of anilines is 1. The van der Waals surface area contributed by atoms with Gasteiger partial charge in [0.25, 0.3) is 5.91 Å². The number of primary amides is 1. The predicted octanol–water partition coefficient (Wildman–Crippen LogP) is 3.44. The fourth-order valence-electron chi connectivity index (χ4n) is 2.31. The van der Waals surface area contributed by atoms with Crippen molar-refractivity contribution in [1.82, 2.24) is 9.97 Å². The lowest BCUT2D eigenvalue weighted by Crippen LogP contribution is -2.14. The maximum atomic E-state index is 12.5. The van der Waals surface area contributed by atoms with Gasteiger partial charge in [-0.05, 0) is 23.8 Å². The number of thiazole rings is 1. The highest BCUT2D eigenvalue weighted by Crippen LogP contribution is 2.29. The smallest absolute Gasteiger partial charge is 0.364 e. The Morgan fingerprint density at radius 3 is 2.52 bits per heavy atom. The number of carbonyl (C=O) groups excluding carboxylic acids is 2. The van der Waals surface area contributed by atoms with Crippen molar-refractivity contribution < 1.29 is 22.8 Å². The zero-order valence-corrected chi connectivity index (χ0v) is 14.4. The molecule has 0 aliphatic heterocycles. The minimum atomic E-state index is -4.41. The first kappa shape index (κ1) is 18.6. The van der Waals surface area contributed by atoms with Crippen LogP contribution in [0.15, 0.2) is 41.9 Å². The zero-order valence-electron chi connectivity index (χ0n) is 13.6. The van der Waals surface area contributed by atoms with Gasteiger partial charge in [0.15, 0.2) is 5.13 Å². The van der Waals surface area contributed by atoms with E-state index < -0.39 is 23.6 Å². The lowest BCUT2D eigenvalue weighted by molar-refractivity contribution is -0.137. The monoisotopic (exact) mass is 394 g/mol. The number of nitrogens with zero attached hydrogens (tertiary/aromatic N) is 1. The second kappa shape index (κ2) is 7.23. The summed E-state index contributed by atoms with van der Waals surface area (Å²) in [7, 11) is 0. The predicted molar refractivity (Wildman–Crippen MR) is 94.2 cm³/mol. The van der Waals surface area contributed by atoms with Gasteiger partial charge >= 0.3 is 6.18 Å². The largest absolute Gasteiger partial charge is 0.416 e.